The van der Waals surface area contributed by atoms with E-state index in [2.05, 4.69) is 16.0 Å². The van der Waals surface area contributed by atoms with E-state index in [4.69, 9.17) is 9.15 Å². The van der Waals surface area contributed by atoms with Gasteiger partial charge in [0.05, 0.1) is 36.5 Å². The van der Waals surface area contributed by atoms with Gasteiger partial charge < -0.3 is 24.1 Å². The summed E-state index contributed by atoms with van der Waals surface area (Å²) in [5, 5.41) is 11.0. The molecule has 5 rings (SSSR count). The molecule has 0 bridgehead atoms. The van der Waals surface area contributed by atoms with Crippen LogP contribution in [0.15, 0.2) is 58.2 Å². The Bertz CT molecular complexity index is 1320. The Morgan fingerprint density at radius 3 is 2.77 bits per heavy atom. The number of nitrogens with zero attached hydrogens (tertiary/aromatic N) is 2. The number of hydrogen-bond acceptors (Lipinski definition) is 6. The van der Waals surface area contributed by atoms with Gasteiger partial charge in [0, 0.05) is 29.6 Å². The molecule has 0 saturated heterocycles. The first-order valence-corrected chi connectivity index (χ1v) is 10.1. The van der Waals surface area contributed by atoms with E-state index in [1.54, 1.807) is 31.5 Å². The van der Waals surface area contributed by atoms with E-state index in [0.29, 0.717) is 40.1 Å². The Morgan fingerprint density at radius 2 is 2.06 bits per heavy atom. The van der Waals surface area contributed by atoms with Crippen molar-refractivity contribution in [2.75, 3.05) is 21.2 Å². The quantitative estimate of drug-likeness (QED) is 0.529. The van der Waals surface area contributed by atoms with E-state index in [9.17, 15) is 9.90 Å². The molecule has 2 N–H and O–H groups in total. The second-order valence-corrected chi connectivity index (χ2v) is 8.10. The molecule has 31 heavy (non-hydrogen) atoms. The first kappa shape index (κ1) is 19.5. The number of H-pyrrole nitrogens is 1. The maximum atomic E-state index is 13.0. The summed E-state index contributed by atoms with van der Waals surface area (Å²) < 4.78 is 10.9. The third-order valence-electron chi connectivity index (χ3n) is 5.97. The molecule has 0 fully saturated rings. The summed E-state index contributed by atoms with van der Waals surface area (Å²) in [5.74, 6) is 1.12. The molecule has 0 amide bonds. The minimum absolute atomic E-state index is 0.0633. The number of aliphatic hydroxyl groups excluding tert-OH is 1. The standard InChI is InChI=1S/C24H23N3O4/c1-27(2)24-15-6-14(5-4-13(15)7-21(24)29)18-9-20(28)16-8-17(23-11-25-12-31-23)22(30-3)10-19(16)26-18/h4-6,8-12,21,24,29H,7H2,1-3H3,(H,26,28)/t21-,24?/m1/s1. The molecule has 2 heterocycles. The van der Waals surface area contributed by atoms with Crippen molar-refractivity contribution >= 4 is 10.9 Å². The lowest BCUT2D eigenvalue weighted by Gasteiger charge is -2.24. The maximum absolute atomic E-state index is 13.0. The van der Waals surface area contributed by atoms with Gasteiger partial charge in [0.25, 0.3) is 0 Å². The molecule has 4 aromatic rings. The van der Waals surface area contributed by atoms with E-state index < -0.39 is 6.10 Å². The van der Waals surface area contributed by atoms with Gasteiger partial charge in [-0.05, 0) is 42.9 Å². The Hall–Kier alpha value is -3.42. The maximum Gasteiger partial charge on any atom is 0.190 e. The molecule has 2 aromatic carbocycles. The van der Waals surface area contributed by atoms with Crippen LogP contribution in [0, 0.1) is 0 Å². The van der Waals surface area contributed by atoms with Gasteiger partial charge in [-0.3, -0.25) is 4.79 Å². The van der Waals surface area contributed by atoms with Crippen molar-refractivity contribution < 1.29 is 14.3 Å². The largest absolute Gasteiger partial charge is 0.496 e. The fourth-order valence-corrected chi connectivity index (χ4v) is 4.53. The molecule has 1 unspecified atom stereocenters. The second kappa shape index (κ2) is 7.37. The van der Waals surface area contributed by atoms with Crippen molar-refractivity contribution in [2.45, 2.75) is 18.6 Å². The lowest BCUT2D eigenvalue weighted by atomic mass is 10.0. The number of nitrogens with one attached hydrogen (secondary N) is 1. The van der Waals surface area contributed by atoms with Gasteiger partial charge in [-0.1, -0.05) is 12.1 Å². The smallest absolute Gasteiger partial charge is 0.190 e. The Balaban J connectivity index is 1.64. The number of fused-ring (bicyclic) bond motifs is 2. The fraction of sp³-hybridized carbons (Fsp3) is 0.250. The van der Waals surface area contributed by atoms with Crippen LogP contribution < -0.4 is 10.2 Å². The topological polar surface area (TPSA) is 91.6 Å². The highest BCUT2D eigenvalue weighted by molar-refractivity contribution is 5.88. The summed E-state index contributed by atoms with van der Waals surface area (Å²) in [7, 11) is 5.51. The zero-order chi connectivity index (χ0) is 21.7. The Labute approximate surface area is 178 Å². The van der Waals surface area contributed by atoms with Crippen LogP contribution in [0.25, 0.3) is 33.5 Å². The summed E-state index contributed by atoms with van der Waals surface area (Å²) >= 11 is 0. The number of methoxy groups -OCH3 is 1. The van der Waals surface area contributed by atoms with Crippen LogP contribution in [-0.2, 0) is 6.42 Å². The van der Waals surface area contributed by atoms with Crippen LogP contribution in [0.4, 0.5) is 0 Å². The van der Waals surface area contributed by atoms with E-state index >= 15 is 0 Å². The zero-order valence-corrected chi connectivity index (χ0v) is 17.5. The van der Waals surface area contributed by atoms with Gasteiger partial charge in [-0.15, -0.1) is 0 Å². The minimum Gasteiger partial charge on any atom is -0.496 e. The van der Waals surface area contributed by atoms with Crippen LogP contribution >= 0.6 is 0 Å². The molecule has 0 spiro atoms. The summed E-state index contributed by atoms with van der Waals surface area (Å²) in [6, 6.07) is 11.2. The fourth-order valence-electron chi connectivity index (χ4n) is 4.53. The number of benzene rings is 2. The van der Waals surface area contributed by atoms with Gasteiger partial charge in [0.2, 0.25) is 0 Å². The lowest BCUT2D eigenvalue weighted by Crippen LogP contribution is -2.27. The summed E-state index contributed by atoms with van der Waals surface area (Å²) in [6.45, 7) is 0. The van der Waals surface area contributed by atoms with Crippen molar-refractivity contribution in [3.63, 3.8) is 0 Å². The van der Waals surface area contributed by atoms with E-state index in [1.165, 1.54) is 6.39 Å². The van der Waals surface area contributed by atoms with Crippen molar-refractivity contribution in [1.29, 1.82) is 0 Å². The SMILES string of the molecule is COc1cc2[nH]c(-c3ccc4c(c3)C(N(C)C)[C@H](O)C4)cc(=O)c2cc1-c1cnco1. The van der Waals surface area contributed by atoms with Crippen molar-refractivity contribution in [2.24, 2.45) is 0 Å². The van der Waals surface area contributed by atoms with Gasteiger partial charge in [0.15, 0.2) is 17.6 Å². The Kier molecular flexibility index (Phi) is 4.64. The summed E-state index contributed by atoms with van der Waals surface area (Å²) in [6.07, 6.45) is 3.13. The van der Waals surface area contributed by atoms with E-state index in [1.807, 2.05) is 31.1 Å². The van der Waals surface area contributed by atoms with Crippen LogP contribution in [-0.4, -0.2) is 47.3 Å². The number of likely N-dealkylation sites (N-methyl/N-ethyl adjacent to an activating group) is 1. The van der Waals surface area contributed by atoms with Gasteiger partial charge in [-0.25, -0.2) is 4.98 Å². The van der Waals surface area contributed by atoms with Crippen LogP contribution in [0.2, 0.25) is 0 Å². The minimum atomic E-state index is -0.435. The highest BCUT2D eigenvalue weighted by Crippen LogP contribution is 2.38. The number of ether oxygens (including phenoxy) is 1. The molecular formula is C24H23N3O4. The number of hydrogen-bond donors (Lipinski definition) is 2. The molecule has 2 aromatic heterocycles. The number of aromatic amines is 1. The number of aromatic nitrogens is 2. The highest BCUT2D eigenvalue weighted by Gasteiger charge is 2.32. The van der Waals surface area contributed by atoms with Crippen molar-refractivity contribution in [3.05, 3.63) is 70.3 Å². The molecule has 158 valence electrons. The van der Waals surface area contributed by atoms with Crippen molar-refractivity contribution in [1.82, 2.24) is 14.9 Å². The third kappa shape index (κ3) is 3.22. The lowest BCUT2D eigenvalue weighted by molar-refractivity contribution is 0.0902. The van der Waals surface area contributed by atoms with Crippen LogP contribution in [0.3, 0.4) is 0 Å². The normalized spacial score (nSPS) is 18.0. The molecule has 1 aliphatic rings. The molecule has 2 atom stereocenters. The number of rotatable bonds is 4. The molecular weight excluding hydrogens is 394 g/mol. The molecule has 0 radical (unpaired) electrons. The predicted molar refractivity (Wildman–Crippen MR) is 118 cm³/mol. The molecule has 7 nitrogen and oxygen atoms in total. The van der Waals surface area contributed by atoms with Gasteiger partial charge in [0.1, 0.15) is 5.75 Å². The average molecular weight is 417 g/mol. The average Bonchev–Trinajstić information content (AvgIpc) is 3.39. The predicted octanol–water partition coefficient (Wildman–Crippen LogP) is 3.38. The highest BCUT2D eigenvalue weighted by atomic mass is 16.5. The second-order valence-electron chi connectivity index (χ2n) is 8.10. The van der Waals surface area contributed by atoms with E-state index in [-0.39, 0.29) is 11.5 Å². The molecule has 7 heteroatoms. The van der Waals surface area contributed by atoms with E-state index in [0.717, 1.165) is 16.7 Å². The zero-order valence-electron chi connectivity index (χ0n) is 17.5. The summed E-state index contributed by atoms with van der Waals surface area (Å²) in [5.41, 5.74) is 5.09. The van der Waals surface area contributed by atoms with Gasteiger partial charge in [-0.2, -0.15) is 0 Å². The van der Waals surface area contributed by atoms with Crippen LogP contribution in [0.1, 0.15) is 17.2 Å². The first-order chi connectivity index (χ1) is 15.0. The van der Waals surface area contributed by atoms with Gasteiger partial charge >= 0.3 is 0 Å². The first-order valence-electron chi connectivity index (χ1n) is 10.1. The molecule has 0 saturated carbocycles. The number of oxazole rings is 1. The third-order valence-corrected chi connectivity index (χ3v) is 5.97. The number of pyridine rings is 1. The van der Waals surface area contributed by atoms with Crippen LogP contribution in [0.5, 0.6) is 5.75 Å². The molecule has 1 aliphatic carbocycles. The Morgan fingerprint density at radius 1 is 1.23 bits per heavy atom. The monoisotopic (exact) mass is 417 g/mol. The van der Waals surface area contributed by atoms with Crippen molar-refractivity contribution in [3.8, 4) is 28.3 Å². The number of aliphatic hydroxyl groups is 1. The molecule has 0 aliphatic heterocycles. The summed E-state index contributed by atoms with van der Waals surface area (Å²) in [4.78, 5) is 22.4.